The number of hydrogen-bond acceptors (Lipinski definition) is 1. The summed E-state index contributed by atoms with van der Waals surface area (Å²) in [5, 5.41) is 10.2. The lowest BCUT2D eigenvalue weighted by Gasteiger charge is -2.14. The number of benzene rings is 1. The highest BCUT2D eigenvalue weighted by Crippen LogP contribution is 2.21. The Morgan fingerprint density at radius 1 is 1.06 bits per heavy atom. The van der Waals surface area contributed by atoms with Crippen LogP contribution in [0, 0.1) is 0 Å². The van der Waals surface area contributed by atoms with E-state index in [1.54, 1.807) is 0 Å². The summed E-state index contributed by atoms with van der Waals surface area (Å²) in [5.74, 6) is 0. The average Bonchev–Trinajstić information content (AvgIpc) is 2.59. The standard InChI is InChI=1S/C15H20O/c16-15(12-13-8-4-3-5-9-13)14-10-6-1-2-7-11-14/h3-5,8-10,15-16H,1-2,6-7,11-12H2. The molecule has 1 unspecified atom stereocenters. The number of aliphatic hydroxyl groups excluding tert-OH is 1. The molecular weight excluding hydrogens is 196 g/mol. The Bertz CT molecular complexity index is 340. The first-order chi connectivity index (χ1) is 7.86. The van der Waals surface area contributed by atoms with E-state index in [4.69, 9.17) is 0 Å². The zero-order chi connectivity index (χ0) is 11.2. The van der Waals surface area contributed by atoms with Gasteiger partial charge in [0.15, 0.2) is 0 Å². The molecule has 0 saturated heterocycles. The minimum absolute atomic E-state index is 0.277. The van der Waals surface area contributed by atoms with Crippen LogP contribution >= 0.6 is 0 Å². The van der Waals surface area contributed by atoms with Crippen molar-refractivity contribution in [1.29, 1.82) is 0 Å². The molecule has 1 atom stereocenters. The van der Waals surface area contributed by atoms with E-state index in [1.807, 2.05) is 18.2 Å². The lowest BCUT2D eigenvalue weighted by molar-refractivity contribution is 0.206. The van der Waals surface area contributed by atoms with Crippen molar-refractivity contribution in [1.82, 2.24) is 0 Å². The van der Waals surface area contributed by atoms with Crippen molar-refractivity contribution >= 4 is 0 Å². The maximum Gasteiger partial charge on any atom is 0.0790 e. The summed E-state index contributed by atoms with van der Waals surface area (Å²) < 4.78 is 0. The van der Waals surface area contributed by atoms with Gasteiger partial charge in [-0.25, -0.2) is 0 Å². The molecular formula is C15H20O. The van der Waals surface area contributed by atoms with Crippen molar-refractivity contribution < 1.29 is 5.11 Å². The Hall–Kier alpha value is -1.08. The SMILES string of the molecule is OC(Cc1ccccc1)C1=CCCCCC1. The van der Waals surface area contributed by atoms with E-state index in [1.165, 1.54) is 30.4 Å². The second-order valence-electron chi connectivity index (χ2n) is 4.58. The van der Waals surface area contributed by atoms with Gasteiger partial charge in [0.2, 0.25) is 0 Å². The molecule has 2 rings (SSSR count). The van der Waals surface area contributed by atoms with Crippen LogP contribution in [0.5, 0.6) is 0 Å². The maximum atomic E-state index is 10.2. The van der Waals surface area contributed by atoms with Crippen LogP contribution in [-0.4, -0.2) is 11.2 Å². The molecule has 1 aliphatic rings. The van der Waals surface area contributed by atoms with Crippen molar-refractivity contribution in [3.8, 4) is 0 Å². The summed E-state index contributed by atoms with van der Waals surface area (Å²) in [5.41, 5.74) is 2.47. The highest BCUT2D eigenvalue weighted by molar-refractivity contribution is 5.19. The van der Waals surface area contributed by atoms with E-state index in [-0.39, 0.29) is 6.10 Å². The number of rotatable bonds is 3. The third-order valence-corrected chi connectivity index (χ3v) is 3.28. The van der Waals surface area contributed by atoms with Gasteiger partial charge in [0, 0.05) is 6.42 Å². The second kappa shape index (κ2) is 5.86. The van der Waals surface area contributed by atoms with Gasteiger partial charge in [0.05, 0.1) is 6.10 Å². The molecule has 0 heterocycles. The monoisotopic (exact) mass is 216 g/mol. The topological polar surface area (TPSA) is 20.2 Å². The fourth-order valence-corrected chi connectivity index (χ4v) is 2.31. The van der Waals surface area contributed by atoms with E-state index < -0.39 is 0 Å². The zero-order valence-corrected chi connectivity index (χ0v) is 9.73. The van der Waals surface area contributed by atoms with Crippen LogP contribution in [0.3, 0.4) is 0 Å². The molecule has 0 radical (unpaired) electrons. The van der Waals surface area contributed by atoms with Gasteiger partial charge in [-0.15, -0.1) is 0 Å². The van der Waals surface area contributed by atoms with Gasteiger partial charge in [-0.1, -0.05) is 42.8 Å². The summed E-state index contributed by atoms with van der Waals surface area (Å²) in [6.45, 7) is 0. The third kappa shape index (κ3) is 3.21. The predicted molar refractivity (Wildman–Crippen MR) is 67.3 cm³/mol. The molecule has 0 fully saturated rings. The number of aliphatic hydroxyl groups is 1. The lowest BCUT2D eigenvalue weighted by atomic mass is 9.98. The van der Waals surface area contributed by atoms with E-state index in [0.29, 0.717) is 0 Å². The van der Waals surface area contributed by atoms with Gasteiger partial charge >= 0.3 is 0 Å². The fraction of sp³-hybridized carbons (Fsp3) is 0.467. The molecule has 0 aliphatic heterocycles. The Balaban J connectivity index is 1.97. The number of hydrogen-bond donors (Lipinski definition) is 1. The second-order valence-corrected chi connectivity index (χ2v) is 4.58. The van der Waals surface area contributed by atoms with Crippen LogP contribution in [0.15, 0.2) is 42.0 Å². The third-order valence-electron chi connectivity index (χ3n) is 3.28. The van der Waals surface area contributed by atoms with Crippen LogP contribution in [0.1, 0.15) is 37.7 Å². The Morgan fingerprint density at radius 3 is 2.69 bits per heavy atom. The van der Waals surface area contributed by atoms with Crippen molar-refractivity contribution in [2.75, 3.05) is 0 Å². The van der Waals surface area contributed by atoms with E-state index in [2.05, 4.69) is 18.2 Å². The Kier molecular flexibility index (Phi) is 4.17. The minimum Gasteiger partial charge on any atom is -0.388 e. The van der Waals surface area contributed by atoms with Crippen LogP contribution in [0.2, 0.25) is 0 Å². The largest absolute Gasteiger partial charge is 0.388 e. The van der Waals surface area contributed by atoms with Gasteiger partial charge in [0.25, 0.3) is 0 Å². The minimum atomic E-state index is -0.277. The van der Waals surface area contributed by atoms with Gasteiger partial charge in [-0.2, -0.15) is 0 Å². The molecule has 1 aromatic rings. The molecule has 1 aromatic carbocycles. The molecule has 0 bridgehead atoms. The van der Waals surface area contributed by atoms with Crippen LogP contribution in [0.4, 0.5) is 0 Å². The summed E-state index contributed by atoms with van der Waals surface area (Å²) >= 11 is 0. The molecule has 16 heavy (non-hydrogen) atoms. The van der Waals surface area contributed by atoms with E-state index in [0.717, 1.165) is 19.3 Å². The molecule has 0 aromatic heterocycles. The highest BCUT2D eigenvalue weighted by atomic mass is 16.3. The smallest absolute Gasteiger partial charge is 0.0790 e. The average molecular weight is 216 g/mol. The maximum absolute atomic E-state index is 10.2. The normalized spacial score (nSPS) is 18.7. The van der Waals surface area contributed by atoms with E-state index in [9.17, 15) is 5.11 Å². The van der Waals surface area contributed by atoms with Gasteiger partial charge in [-0.05, 0) is 36.8 Å². The first kappa shape index (κ1) is 11.4. The van der Waals surface area contributed by atoms with Crippen LogP contribution in [-0.2, 0) is 6.42 Å². The van der Waals surface area contributed by atoms with Gasteiger partial charge in [-0.3, -0.25) is 0 Å². The molecule has 0 amide bonds. The first-order valence-electron chi connectivity index (χ1n) is 6.27. The fourth-order valence-electron chi connectivity index (χ4n) is 2.31. The van der Waals surface area contributed by atoms with Gasteiger partial charge in [0.1, 0.15) is 0 Å². The summed E-state index contributed by atoms with van der Waals surface area (Å²) in [6.07, 6.45) is 8.76. The number of allylic oxidation sites excluding steroid dienone is 1. The molecule has 0 saturated carbocycles. The highest BCUT2D eigenvalue weighted by Gasteiger charge is 2.12. The van der Waals surface area contributed by atoms with Crippen LogP contribution in [0.25, 0.3) is 0 Å². The summed E-state index contributed by atoms with van der Waals surface area (Å²) in [6, 6.07) is 10.2. The van der Waals surface area contributed by atoms with Crippen molar-refractivity contribution in [2.45, 2.75) is 44.6 Å². The van der Waals surface area contributed by atoms with E-state index >= 15 is 0 Å². The zero-order valence-electron chi connectivity index (χ0n) is 9.73. The molecule has 1 heteroatoms. The molecule has 0 spiro atoms. The van der Waals surface area contributed by atoms with Crippen molar-refractivity contribution in [3.05, 3.63) is 47.5 Å². The van der Waals surface area contributed by atoms with Gasteiger partial charge < -0.3 is 5.11 Å². The van der Waals surface area contributed by atoms with Crippen molar-refractivity contribution in [3.63, 3.8) is 0 Å². The quantitative estimate of drug-likeness (QED) is 0.767. The Morgan fingerprint density at radius 2 is 1.88 bits per heavy atom. The van der Waals surface area contributed by atoms with Crippen LogP contribution < -0.4 is 0 Å². The summed E-state index contributed by atoms with van der Waals surface area (Å²) in [4.78, 5) is 0. The van der Waals surface area contributed by atoms with Crippen molar-refractivity contribution in [2.24, 2.45) is 0 Å². The Labute approximate surface area is 97.8 Å². The predicted octanol–water partition coefficient (Wildman–Crippen LogP) is 3.48. The molecule has 86 valence electrons. The molecule has 1 N–H and O–H groups in total. The molecule has 1 aliphatic carbocycles. The summed E-state index contributed by atoms with van der Waals surface area (Å²) in [7, 11) is 0. The molecule has 1 nitrogen and oxygen atoms in total. The first-order valence-corrected chi connectivity index (χ1v) is 6.27. The lowest BCUT2D eigenvalue weighted by Crippen LogP contribution is -2.13.